The Morgan fingerprint density at radius 3 is 2.58 bits per heavy atom. The van der Waals surface area contributed by atoms with Crippen LogP contribution < -0.4 is 9.64 Å². The maximum absolute atomic E-state index is 13.2. The lowest BCUT2D eigenvalue weighted by atomic mass is 10.1. The van der Waals surface area contributed by atoms with Gasteiger partial charge in [0.15, 0.2) is 11.0 Å². The monoisotopic (exact) mass is 439 g/mol. The van der Waals surface area contributed by atoms with Gasteiger partial charge in [0, 0.05) is 38.3 Å². The fraction of sp³-hybridized carbons (Fsp3) is 0.409. The van der Waals surface area contributed by atoms with Crippen LogP contribution in [0, 0.1) is 0 Å². The first-order valence-corrected chi connectivity index (χ1v) is 11.4. The van der Waals surface area contributed by atoms with E-state index in [1.807, 2.05) is 31.2 Å². The number of hydrogen-bond acceptors (Lipinski definition) is 8. The predicted octanol–water partition coefficient (Wildman–Crippen LogP) is 3.12. The number of rotatable bonds is 6. The highest BCUT2D eigenvalue weighted by atomic mass is 32.2. The topological polar surface area (TPSA) is 76.6 Å². The van der Waals surface area contributed by atoms with Crippen molar-refractivity contribution in [3.63, 3.8) is 0 Å². The van der Waals surface area contributed by atoms with E-state index in [4.69, 9.17) is 9.15 Å². The standard InChI is InChI=1S/C22H25N5O3S/c1-3-18-23-22-27(24-18)21(28)20(31-22)19(17-5-4-14-30-17)26-12-10-25(11-13-26)15-6-8-16(29-2)9-7-15/h4-9,14,19-20H,3,10-13H2,1-2H3. The van der Waals surface area contributed by atoms with Gasteiger partial charge in [0.25, 0.3) is 5.91 Å². The highest BCUT2D eigenvalue weighted by Crippen LogP contribution is 2.41. The Morgan fingerprint density at radius 1 is 1.19 bits per heavy atom. The SMILES string of the molecule is CCc1nc2n(n1)C(=O)C(C(c1ccco1)N1CCN(c3ccc(OC)cc3)CC1)S2. The average molecular weight is 440 g/mol. The van der Waals surface area contributed by atoms with Crippen molar-refractivity contribution >= 4 is 23.4 Å². The molecule has 2 aliphatic rings. The summed E-state index contributed by atoms with van der Waals surface area (Å²) < 4.78 is 12.5. The molecule has 1 aromatic carbocycles. The van der Waals surface area contributed by atoms with Gasteiger partial charge in [-0.05, 0) is 36.4 Å². The molecule has 4 heterocycles. The molecule has 0 amide bonds. The second kappa shape index (κ2) is 8.39. The molecule has 2 aromatic heterocycles. The zero-order chi connectivity index (χ0) is 21.4. The van der Waals surface area contributed by atoms with Crippen molar-refractivity contribution in [3.05, 3.63) is 54.2 Å². The van der Waals surface area contributed by atoms with Crippen LogP contribution in [0.4, 0.5) is 5.69 Å². The average Bonchev–Trinajstić information content (AvgIpc) is 3.54. The van der Waals surface area contributed by atoms with Crippen molar-refractivity contribution in [2.45, 2.75) is 29.8 Å². The number of nitrogens with zero attached hydrogens (tertiary/aromatic N) is 5. The van der Waals surface area contributed by atoms with Crippen molar-refractivity contribution in [2.24, 2.45) is 0 Å². The molecule has 0 bridgehead atoms. The summed E-state index contributed by atoms with van der Waals surface area (Å²) in [5.74, 6) is 2.35. The van der Waals surface area contributed by atoms with Gasteiger partial charge in [-0.25, -0.2) is 4.98 Å². The molecule has 0 saturated carbocycles. The van der Waals surface area contributed by atoms with Crippen molar-refractivity contribution in [1.29, 1.82) is 0 Å². The number of thioether (sulfide) groups is 1. The summed E-state index contributed by atoms with van der Waals surface area (Å²) in [6.07, 6.45) is 2.39. The maximum Gasteiger partial charge on any atom is 0.265 e. The van der Waals surface area contributed by atoms with Crippen molar-refractivity contribution in [1.82, 2.24) is 19.7 Å². The number of methoxy groups -OCH3 is 1. The number of aromatic nitrogens is 3. The van der Waals surface area contributed by atoms with E-state index < -0.39 is 0 Å². The lowest BCUT2D eigenvalue weighted by Gasteiger charge is -2.40. The minimum atomic E-state index is -0.320. The lowest BCUT2D eigenvalue weighted by Crippen LogP contribution is -2.50. The molecule has 3 aromatic rings. The summed E-state index contributed by atoms with van der Waals surface area (Å²) in [5.41, 5.74) is 1.18. The molecule has 9 heteroatoms. The van der Waals surface area contributed by atoms with Gasteiger partial charge >= 0.3 is 0 Å². The molecule has 2 unspecified atom stereocenters. The number of furan rings is 1. The van der Waals surface area contributed by atoms with E-state index in [1.54, 1.807) is 13.4 Å². The molecule has 0 N–H and O–H groups in total. The molecule has 31 heavy (non-hydrogen) atoms. The van der Waals surface area contributed by atoms with Crippen molar-refractivity contribution in [3.8, 4) is 5.75 Å². The van der Waals surface area contributed by atoms with Gasteiger partial charge < -0.3 is 14.1 Å². The van der Waals surface area contributed by atoms with E-state index in [2.05, 4.69) is 32.0 Å². The van der Waals surface area contributed by atoms with Crippen LogP contribution in [0.2, 0.25) is 0 Å². The zero-order valence-corrected chi connectivity index (χ0v) is 18.4. The summed E-state index contributed by atoms with van der Waals surface area (Å²) in [7, 11) is 1.68. The van der Waals surface area contributed by atoms with Crippen LogP contribution in [0.3, 0.4) is 0 Å². The number of anilines is 1. The molecule has 2 aliphatic heterocycles. The molecule has 2 atom stereocenters. The summed E-state index contributed by atoms with van der Waals surface area (Å²) in [6, 6.07) is 11.8. The number of aryl methyl sites for hydroxylation is 1. The Morgan fingerprint density at radius 2 is 1.97 bits per heavy atom. The Bertz CT molecular complexity index is 1040. The fourth-order valence-corrected chi connectivity index (χ4v) is 5.48. The quantitative estimate of drug-likeness (QED) is 0.580. The number of hydrogen-bond donors (Lipinski definition) is 0. The van der Waals surface area contributed by atoms with Gasteiger partial charge in [0.05, 0.1) is 19.4 Å². The van der Waals surface area contributed by atoms with Crippen LogP contribution in [0.15, 0.2) is 52.2 Å². The largest absolute Gasteiger partial charge is 0.497 e. The molecule has 5 rings (SSSR count). The van der Waals surface area contributed by atoms with Crippen molar-refractivity contribution in [2.75, 3.05) is 38.2 Å². The molecule has 1 saturated heterocycles. The highest BCUT2D eigenvalue weighted by molar-refractivity contribution is 8.00. The van der Waals surface area contributed by atoms with Crippen LogP contribution in [-0.4, -0.2) is 64.1 Å². The van der Waals surface area contributed by atoms with E-state index in [0.29, 0.717) is 17.4 Å². The minimum Gasteiger partial charge on any atom is -0.497 e. The van der Waals surface area contributed by atoms with E-state index in [-0.39, 0.29) is 17.2 Å². The molecule has 1 fully saturated rings. The van der Waals surface area contributed by atoms with Crippen LogP contribution in [0.1, 0.15) is 29.3 Å². The summed E-state index contributed by atoms with van der Waals surface area (Å²) in [5, 5.41) is 4.74. The minimum absolute atomic E-state index is 0.0221. The Labute approximate surface area is 185 Å². The van der Waals surface area contributed by atoms with Gasteiger partial charge in [-0.3, -0.25) is 9.69 Å². The predicted molar refractivity (Wildman–Crippen MR) is 118 cm³/mol. The fourth-order valence-electron chi connectivity index (χ4n) is 4.22. The number of benzene rings is 1. The first-order valence-electron chi connectivity index (χ1n) is 10.5. The van der Waals surface area contributed by atoms with Crippen LogP contribution >= 0.6 is 11.8 Å². The molecule has 0 radical (unpaired) electrons. The van der Waals surface area contributed by atoms with Gasteiger partial charge in [0.1, 0.15) is 16.8 Å². The summed E-state index contributed by atoms with van der Waals surface area (Å²) in [6.45, 7) is 5.40. The Hall–Kier alpha value is -2.78. The Balaban J connectivity index is 1.33. The summed E-state index contributed by atoms with van der Waals surface area (Å²) >= 11 is 1.49. The molecule has 0 spiro atoms. The smallest absolute Gasteiger partial charge is 0.265 e. The second-order valence-corrected chi connectivity index (χ2v) is 8.74. The van der Waals surface area contributed by atoms with Crippen LogP contribution in [-0.2, 0) is 6.42 Å². The molecule has 162 valence electrons. The number of ether oxygens (including phenoxy) is 1. The van der Waals surface area contributed by atoms with Crippen molar-refractivity contribution < 1.29 is 13.9 Å². The third-order valence-corrected chi connectivity index (χ3v) is 7.08. The van der Waals surface area contributed by atoms with E-state index in [1.165, 1.54) is 22.1 Å². The van der Waals surface area contributed by atoms with Gasteiger partial charge in [0.2, 0.25) is 0 Å². The number of carbonyl (C=O) groups is 1. The Kier molecular flexibility index (Phi) is 5.45. The third-order valence-electron chi connectivity index (χ3n) is 5.89. The summed E-state index contributed by atoms with van der Waals surface area (Å²) in [4.78, 5) is 22.4. The van der Waals surface area contributed by atoms with Gasteiger partial charge in [-0.15, -0.1) is 5.10 Å². The van der Waals surface area contributed by atoms with Crippen LogP contribution in [0.25, 0.3) is 0 Å². The maximum atomic E-state index is 13.2. The first-order chi connectivity index (χ1) is 15.2. The second-order valence-electron chi connectivity index (χ2n) is 7.63. The number of fused-ring (bicyclic) bond motifs is 1. The molecular formula is C22H25N5O3S. The molecular weight excluding hydrogens is 414 g/mol. The van der Waals surface area contributed by atoms with E-state index >= 15 is 0 Å². The molecule has 8 nitrogen and oxygen atoms in total. The van der Waals surface area contributed by atoms with Crippen LogP contribution in [0.5, 0.6) is 5.75 Å². The third kappa shape index (κ3) is 3.72. The number of carbonyl (C=O) groups excluding carboxylic acids is 1. The lowest BCUT2D eigenvalue weighted by molar-refractivity contribution is 0.0813. The highest BCUT2D eigenvalue weighted by Gasteiger charge is 2.44. The van der Waals surface area contributed by atoms with Gasteiger partial charge in [-0.2, -0.15) is 4.68 Å². The van der Waals surface area contributed by atoms with E-state index in [0.717, 1.165) is 37.7 Å². The first kappa shape index (κ1) is 20.1. The van der Waals surface area contributed by atoms with Gasteiger partial charge in [-0.1, -0.05) is 18.7 Å². The molecule has 0 aliphatic carbocycles. The van der Waals surface area contributed by atoms with E-state index in [9.17, 15) is 4.79 Å². The normalized spacial score (nSPS) is 20.1. The number of piperazine rings is 1. The zero-order valence-electron chi connectivity index (χ0n) is 17.6.